The van der Waals surface area contributed by atoms with Gasteiger partial charge in [-0.1, -0.05) is 12.1 Å². The van der Waals surface area contributed by atoms with Gasteiger partial charge >= 0.3 is 0 Å². The van der Waals surface area contributed by atoms with E-state index in [1.165, 1.54) is 12.1 Å². The highest BCUT2D eigenvalue weighted by atomic mass is 19.1. The topological polar surface area (TPSA) is 80.2 Å². The molecule has 0 unspecified atom stereocenters. The van der Waals surface area contributed by atoms with Crippen molar-refractivity contribution in [1.82, 2.24) is 15.0 Å². The number of anilines is 1. The number of nitrogens with one attached hydrogen (secondary N) is 1. The second-order valence-electron chi connectivity index (χ2n) is 5.65. The Morgan fingerprint density at radius 2 is 1.73 bits per heavy atom. The van der Waals surface area contributed by atoms with E-state index in [2.05, 4.69) is 20.3 Å². The number of hydrogen-bond donors (Lipinski definition) is 2. The molecule has 2 heterocycles. The van der Waals surface area contributed by atoms with Crippen molar-refractivity contribution >= 4 is 5.95 Å². The maximum absolute atomic E-state index is 13.2. The average Bonchev–Trinajstić information content (AvgIpc) is 2.68. The molecule has 0 radical (unpaired) electrons. The molecule has 3 rings (SSSR count). The van der Waals surface area contributed by atoms with Gasteiger partial charge in [0.25, 0.3) is 0 Å². The van der Waals surface area contributed by atoms with Gasteiger partial charge in [0.05, 0.1) is 13.7 Å². The fraction of sp³-hybridized carbons (Fsp3) is 0.211. The number of benzene rings is 1. The Morgan fingerprint density at radius 1 is 1.04 bits per heavy atom. The number of pyridine rings is 1. The Morgan fingerprint density at radius 3 is 2.38 bits per heavy atom. The number of aliphatic hydroxyl groups is 1. The molecule has 0 aliphatic carbocycles. The van der Waals surface area contributed by atoms with Crippen molar-refractivity contribution in [2.45, 2.75) is 6.42 Å². The second kappa shape index (κ2) is 8.35. The van der Waals surface area contributed by atoms with Crippen molar-refractivity contribution in [3.8, 4) is 17.0 Å². The zero-order valence-electron chi connectivity index (χ0n) is 14.3. The summed E-state index contributed by atoms with van der Waals surface area (Å²) in [7, 11) is 1.56. The molecule has 134 valence electrons. The first-order chi connectivity index (χ1) is 12.7. The summed E-state index contributed by atoms with van der Waals surface area (Å²) in [5.41, 5.74) is 3.52. The van der Waals surface area contributed by atoms with E-state index in [0.717, 1.165) is 22.3 Å². The molecule has 26 heavy (non-hydrogen) atoms. The Bertz CT molecular complexity index is 854. The van der Waals surface area contributed by atoms with Crippen LogP contribution < -0.4 is 10.1 Å². The first-order valence-corrected chi connectivity index (χ1v) is 8.14. The van der Waals surface area contributed by atoms with Crippen LogP contribution in [0.15, 0.2) is 48.9 Å². The van der Waals surface area contributed by atoms with Crippen LogP contribution >= 0.6 is 0 Å². The van der Waals surface area contributed by atoms with Gasteiger partial charge in [0.2, 0.25) is 11.8 Å². The second-order valence-corrected chi connectivity index (χ2v) is 5.65. The predicted octanol–water partition coefficient (Wildman–Crippen LogP) is 2.68. The number of aromatic nitrogens is 3. The van der Waals surface area contributed by atoms with Gasteiger partial charge in [-0.2, -0.15) is 0 Å². The molecule has 3 aromatic rings. The van der Waals surface area contributed by atoms with Crippen LogP contribution in [0.25, 0.3) is 11.1 Å². The van der Waals surface area contributed by atoms with Crippen molar-refractivity contribution in [2.24, 2.45) is 0 Å². The minimum atomic E-state index is -0.288. The van der Waals surface area contributed by atoms with Gasteiger partial charge in [0, 0.05) is 37.1 Å². The molecule has 0 spiro atoms. The van der Waals surface area contributed by atoms with Gasteiger partial charge in [0.1, 0.15) is 5.82 Å². The molecule has 2 N–H and O–H groups in total. The minimum Gasteiger partial charge on any atom is -0.481 e. The first kappa shape index (κ1) is 17.8. The highest BCUT2D eigenvalue weighted by molar-refractivity contribution is 5.69. The summed E-state index contributed by atoms with van der Waals surface area (Å²) < 4.78 is 18.5. The molecule has 0 amide bonds. The van der Waals surface area contributed by atoms with Crippen LogP contribution in [0.1, 0.15) is 11.1 Å². The Balaban J connectivity index is 1.82. The lowest BCUT2D eigenvalue weighted by Gasteiger charge is -2.10. The molecule has 6 nitrogen and oxygen atoms in total. The van der Waals surface area contributed by atoms with Crippen LogP contribution in [0.3, 0.4) is 0 Å². The number of nitrogens with zero attached hydrogens (tertiary/aromatic N) is 3. The van der Waals surface area contributed by atoms with Crippen LogP contribution in [-0.4, -0.2) is 40.3 Å². The predicted molar refractivity (Wildman–Crippen MR) is 96.6 cm³/mol. The Labute approximate surface area is 150 Å². The van der Waals surface area contributed by atoms with Gasteiger partial charge in [-0.05, 0) is 34.9 Å². The first-order valence-electron chi connectivity index (χ1n) is 8.14. The van der Waals surface area contributed by atoms with Gasteiger partial charge < -0.3 is 15.2 Å². The highest BCUT2D eigenvalue weighted by Crippen LogP contribution is 2.29. The molecule has 2 aromatic heterocycles. The van der Waals surface area contributed by atoms with Gasteiger partial charge in [-0.25, -0.2) is 19.3 Å². The maximum atomic E-state index is 13.2. The quantitative estimate of drug-likeness (QED) is 0.679. The number of halogens is 1. The lowest BCUT2D eigenvalue weighted by molar-refractivity contribution is 0.311. The van der Waals surface area contributed by atoms with E-state index >= 15 is 0 Å². The number of methoxy groups -OCH3 is 1. The Hall–Kier alpha value is -3.06. The molecular weight excluding hydrogens is 335 g/mol. The molecule has 0 saturated carbocycles. The van der Waals surface area contributed by atoms with Crippen LogP contribution in [-0.2, 0) is 6.42 Å². The summed E-state index contributed by atoms with van der Waals surface area (Å²) in [6.07, 6.45) is 5.80. The molecule has 0 bridgehead atoms. The lowest BCUT2D eigenvalue weighted by atomic mass is 10.0. The van der Waals surface area contributed by atoms with Crippen molar-refractivity contribution in [1.29, 1.82) is 0 Å². The third kappa shape index (κ3) is 4.31. The van der Waals surface area contributed by atoms with E-state index in [1.54, 1.807) is 37.8 Å². The van der Waals surface area contributed by atoms with Gasteiger partial charge in [-0.15, -0.1) is 0 Å². The summed E-state index contributed by atoms with van der Waals surface area (Å²) in [5, 5.41) is 11.7. The van der Waals surface area contributed by atoms with Crippen molar-refractivity contribution in [3.63, 3.8) is 0 Å². The van der Waals surface area contributed by atoms with E-state index in [9.17, 15) is 4.39 Å². The van der Waals surface area contributed by atoms with E-state index in [-0.39, 0.29) is 12.4 Å². The van der Waals surface area contributed by atoms with E-state index in [4.69, 9.17) is 9.84 Å². The van der Waals surface area contributed by atoms with Crippen LogP contribution in [0.4, 0.5) is 10.3 Å². The monoisotopic (exact) mass is 354 g/mol. The smallest absolute Gasteiger partial charge is 0.222 e. The van der Waals surface area contributed by atoms with Crippen LogP contribution in [0, 0.1) is 5.82 Å². The molecule has 0 aliphatic rings. The van der Waals surface area contributed by atoms with Gasteiger partial charge in [0.15, 0.2) is 0 Å². The highest BCUT2D eigenvalue weighted by Gasteiger charge is 2.10. The third-order valence-corrected chi connectivity index (χ3v) is 3.76. The van der Waals surface area contributed by atoms with E-state index in [1.807, 2.05) is 6.07 Å². The summed E-state index contributed by atoms with van der Waals surface area (Å²) >= 11 is 0. The number of rotatable bonds is 7. The molecule has 0 fully saturated rings. The summed E-state index contributed by atoms with van der Waals surface area (Å²) in [6.45, 7) is 0.428. The molecule has 0 aliphatic heterocycles. The number of ether oxygens (including phenoxy) is 1. The molecule has 1 aromatic carbocycles. The molecule has 0 atom stereocenters. The van der Waals surface area contributed by atoms with E-state index < -0.39 is 0 Å². The largest absolute Gasteiger partial charge is 0.481 e. The summed E-state index contributed by atoms with van der Waals surface area (Å²) in [4.78, 5) is 12.8. The van der Waals surface area contributed by atoms with Crippen molar-refractivity contribution in [3.05, 3.63) is 65.9 Å². The van der Waals surface area contributed by atoms with Gasteiger partial charge in [-0.3, -0.25) is 0 Å². The SMILES string of the molecule is COc1ncc(Cc2cnc(NCCO)nc2)cc1-c1ccc(F)cc1. The fourth-order valence-electron chi connectivity index (χ4n) is 2.53. The third-order valence-electron chi connectivity index (χ3n) is 3.76. The lowest BCUT2D eigenvalue weighted by Crippen LogP contribution is -2.08. The molecular formula is C19H19FN4O2. The molecule has 7 heteroatoms. The van der Waals surface area contributed by atoms with Crippen LogP contribution in [0.2, 0.25) is 0 Å². The Kier molecular flexibility index (Phi) is 5.70. The molecule has 0 saturated heterocycles. The van der Waals surface area contributed by atoms with Crippen LogP contribution in [0.5, 0.6) is 5.88 Å². The van der Waals surface area contributed by atoms with Crippen molar-refractivity contribution in [2.75, 3.05) is 25.6 Å². The zero-order chi connectivity index (χ0) is 18.4. The minimum absolute atomic E-state index is 0.0226. The summed E-state index contributed by atoms with van der Waals surface area (Å²) in [5.74, 6) is 0.673. The zero-order valence-corrected chi connectivity index (χ0v) is 14.3. The summed E-state index contributed by atoms with van der Waals surface area (Å²) in [6, 6.07) is 8.19. The number of hydrogen-bond acceptors (Lipinski definition) is 6. The maximum Gasteiger partial charge on any atom is 0.222 e. The fourth-order valence-corrected chi connectivity index (χ4v) is 2.53. The van der Waals surface area contributed by atoms with E-state index in [0.29, 0.717) is 24.8 Å². The van der Waals surface area contributed by atoms with Crippen molar-refractivity contribution < 1.29 is 14.2 Å². The number of aliphatic hydroxyl groups excluding tert-OH is 1. The normalized spacial score (nSPS) is 10.6. The standard InChI is InChI=1S/C19H19FN4O2/c1-26-18-17(15-2-4-16(20)5-3-15)9-13(10-22-18)8-14-11-23-19(24-12-14)21-6-7-25/h2-5,9-12,25H,6-8H2,1H3,(H,21,23,24). The average molecular weight is 354 g/mol.